The zero-order valence-corrected chi connectivity index (χ0v) is 13.1. The van der Waals surface area contributed by atoms with Crippen LogP contribution in [0.1, 0.15) is 31.5 Å². The second kappa shape index (κ2) is 7.28. The molecule has 1 heterocycles. The molecule has 1 aromatic rings. The fourth-order valence-electron chi connectivity index (χ4n) is 1.45. The molecule has 0 radical (unpaired) electrons. The Bertz CT molecular complexity index is 429. The Hall–Kier alpha value is -1.36. The number of hydrogen-bond acceptors (Lipinski definition) is 3. The topological polar surface area (TPSA) is 49.3 Å². The third-order valence-electron chi connectivity index (χ3n) is 2.59. The van der Waals surface area contributed by atoms with Crippen LogP contribution in [0.4, 0.5) is 0 Å². The van der Waals surface area contributed by atoms with E-state index in [1.165, 1.54) is 5.69 Å². The van der Waals surface area contributed by atoms with Crippen molar-refractivity contribution in [3.05, 3.63) is 28.7 Å². The lowest BCUT2D eigenvalue weighted by atomic mass is 9.93. The van der Waals surface area contributed by atoms with Crippen LogP contribution in [0.25, 0.3) is 0 Å². The van der Waals surface area contributed by atoms with Gasteiger partial charge in [0.25, 0.3) is 0 Å². The Balaban J connectivity index is 2.41. The maximum absolute atomic E-state index is 4.67. The van der Waals surface area contributed by atoms with Crippen molar-refractivity contribution in [1.82, 2.24) is 15.6 Å². The van der Waals surface area contributed by atoms with Gasteiger partial charge >= 0.3 is 0 Å². The zero-order chi connectivity index (χ0) is 14.3. The molecule has 0 amide bonds. The molecule has 0 aliphatic heterocycles. The Labute approximate surface area is 120 Å². The van der Waals surface area contributed by atoms with Gasteiger partial charge in [-0.25, -0.2) is 4.98 Å². The largest absolute Gasteiger partial charge is 0.356 e. The monoisotopic (exact) mass is 280 g/mol. The van der Waals surface area contributed by atoms with Crippen molar-refractivity contribution < 1.29 is 0 Å². The number of nitrogens with one attached hydrogen (secondary N) is 2. The van der Waals surface area contributed by atoms with Gasteiger partial charge in [0.05, 0.1) is 10.7 Å². The van der Waals surface area contributed by atoms with E-state index in [2.05, 4.69) is 53.3 Å². The summed E-state index contributed by atoms with van der Waals surface area (Å²) in [5.41, 5.74) is 1.30. The first-order chi connectivity index (χ1) is 8.97. The summed E-state index contributed by atoms with van der Waals surface area (Å²) in [6, 6.07) is 0. The van der Waals surface area contributed by atoms with Gasteiger partial charge in [0.1, 0.15) is 0 Å². The number of aromatic nitrogens is 1. The minimum Gasteiger partial charge on any atom is -0.356 e. The van der Waals surface area contributed by atoms with Gasteiger partial charge < -0.3 is 10.6 Å². The summed E-state index contributed by atoms with van der Waals surface area (Å²) < 4.78 is 0. The van der Waals surface area contributed by atoms with Crippen LogP contribution in [-0.4, -0.2) is 31.1 Å². The van der Waals surface area contributed by atoms with Crippen LogP contribution in [0.5, 0.6) is 0 Å². The molecule has 0 aliphatic carbocycles. The van der Waals surface area contributed by atoms with E-state index >= 15 is 0 Å². The third-order valence-corrected chi connectivity index (χ3v) is 3.50. The maximum atomic E-state index is 4.67. The van der Waals surface area contributed by atoms with E-state index in [9.17, 15) is 0 Å². The van der Waals surface area contributed by atoms with Crippen molar-refractivity contribution in [1.29, 1.82) is 0 Å². The fourth-order valence-corrected chi connectivity index (χ4v) is 2.47. The number of guanidine groups is 1. The van der Waals surface area contributed by atoms with E-state index in [1.54, 1.807) is 18.4 Å². The first-order valence-corrected chi connectivity index (χ1v) is 7.35. The lowest BCUT2D eigenvalue weighted by Crippen LogP contribution is -2.38. The van der Waals surface area contributed by atoms with Crippen LogP contribution in [0.3, 0.4) is 0 Å². The van der Waals surface area contributed by atoms with Gasteiger partial charge in [-0.2, -0.15) is 0 Å². The summed E-state index contributed by atoms with van der Waals surface area (Å²) in [4.78, 5) is 8.80. The average molecular weight is 280 g/mol. The number of rotatable bonds is 5. The van der Waals surface area contributed by atoms with Crippen molar-refractivity contribution in [2.75, 3.05) is 20.1 Å². The van der Waals surface area contributed by atoms with Crippen LogP contribution in [0.2, 0.25) is 0 Å². The van der Waals surface area contributed by atoms with Gasteiger partial charge in [0, 0.05) is 37.4 Å². The quantitative estimate of drug-likeness (QED) is 0.494. The molecule has 0 bridgehead atoms. The van der Waals surface area contributed by atoms with E-state index in [1.807, 2.05) is 6.08 Å². The van der Waals surface area contributed by atoms with E-state index in [4.69, 9.17) is 0 Å². The molecule has 106 valence electrons. The molecule has 0 saturated heterocycles. The number of nitrogens with zero attached hydrogens (tertiary/aromatic N) is 2. The number of hydrogen-bond donors (Lipinski definition) is 2. The van der Waals surface area contributed by atoms with Crippen LogP contribution in [-0.2, 0) is 11.8 Å². The second-order valence-electron chi connectivity index (χ2n) is 5.30. The molecule has 0 aliphatic rings. The molecule has 2 N–H and O–H groups in total. The summed E-state index contributed by atoms with van der Waals surface area (Å²) >= 11 is 1.73. The Morgan fingerprint density at radius 3 is 2.74 bits per heavy atom. The molecule has 0 fully saturated rings. The van der Waals surface area contributed by atoms with Gasteiger partial charge in [-0.3, -0.25) is 4.99 Å². The van der Waals surface area contributed by atoms with Crippen molar-refractivity contribution >= 4 is 17.3 Å². The van der Waals surface area contributed by atoms with Crippen molar-refractivity contribution in [2.24, 2.45) is 4.99 Å². The highest BCUT2D eigenvalue weighted by molar-refractivity contribution is 7.09. The normalized spacial score (nSPS) is 12.3. The van der Waals surface area contributed by atoms with Crippen LogP contribution >= 0.6 is 11.3 Å². The van der Waals surface area contributed by atoms with Crippen molar-refractivity contribution in [3.8, 4) is 0 Å². The SMILES string of the molecule is C=CCNC(=NC)NCCc1nc(C(C)(C)C)cs1. The Morgan fingerprint density at radius 2 is 2.21 bits per heavy atom. The molecular weight excluding hydrogens is 256 g/mol. The van der Waals surface area contributed by atoms with Gasteiger partial charge in [0.2, 0.25) is 0 Å². The summed E-state index contributed by atoms with van der Waals surface area (Å²) in [7, 11) is 1.76. The molecule has 0 aromatic carbocycles. The molecule has 1 rings (SSSR count). The molecule has 5 heteroatoms. The molecule has 19 heavy (non-hydrogen) atoms. The van der Waals surface area contributed by atoms with Crippen LogP contribution < -0.4 is 10.6 Å². The highest BCUT2D eigenvalue weighted by Gasteiger charge is 2.17. The molecule has 4 nitrogen and oxygen atoms in total. The fraction of sp³-hybridized carbons (Fsp3) is 0.571. The minimum atomic E-state index is 0.129. The van der Waals surface area contributed by atoms with E-state index in [0.29, 0.717) is 6.54 Å². The average Bonchev–Trinajstić information content (AvgIpc) is 2.82. The lowest BCUT2D eigenvalue weighted by Gasteiger charge is -2.14. The summed E-state index contributed by atoms with van der Waals surface area (Å²) in [5, 5.41) is 9.71. The first-order valence-electron chi connectivity index (χ1n) is 6.47. The highest BCUT2D eigenvalue weighted by atomic mass is 32.1. The molecule has 0 spiro atoms. The number of aliphatic imine (C=N–C) groups is 1. The Morgan fingerprint density at radius 1 is 1.47 bits per heavy atom. The van der Waals surface area contributed by atoms with E-state index in [-0.39, 0.29) is 5.41 Å². The smallest absolute Gasteiger partial charge is 0.191 e. The standard InChI is InChI=1S/C14H24N4S/c1-6-8-16-13(15-5)17-9-7-12-18-11(10-19-12)14(2,3)4/h6,10H,1,7-9H2,2-5H3,(H2,15,16,17). The van der Waals surface area contributed by atoms with Gasteiger partial charge in [-0.15, -0.1) is 17.9 Å². The molecule has 0 atom stereocenters. The predicted octanol–water partition coefficient (Wildman–Crippen LogP) is 2.33. The van der Waals surface area contributed by atoms with Crippen molar-refractivity contribution in [2.45, 2.75) is 32.6 Å². The second-order valence-corrected chi connectivity index (χ2v) is 6.24. The lowest BCUT2D eigenvalue weighted by molar-refractivity contribution is 0.570. The summed E-state index contributed by atoms with van der Waals surface area (Å²) in [5.74, 6) is 0.799. The summed E-state index contributed by atoms with van der Waals surface area (Å²) in [6.07, 6.45) is 2.72. The molecule has 1 aromatic heterocycles. The maximum Gasteiger partial charge on any atom is 0.191 e. The summed E-state index contributed by atoms with van der Waals surface area (Å²) in [6.45, 7) is 11.8. The minimum absolute atomic E-state index is 0.129. The zero-order valence-electron chi connectivity index (χ0n) is 12.3. The third kappa shape index (κ3) is 5.42. The van der Waals surface area contributed by atoms with Gasteiger partial charge in [-0.05, 0) is 0 Å². The van der Waals surface area contributed by atoms with Crippen LogP contribution in [0.15, 0.2) is 23.0 Å². The first kappa shape index (κ1) is 15.7. The van der Waals surface area contributed by atoms with Crippen molar-refractivity contribution in [3.63, 3.8) is 0 Å². The highest BCUT2D eigenvalue weighted by Crippen LogP contribution is 2.23. The van der Waals surface area contributed by atoms with E-state index in [0.717, 1.165) is 23.9 Å². The molecular formula is C14H24N4S. The predicted molar refractivity (Wildman–Crippen MR) is 84.1 cm³/mol. The molecule has 0 unspecified atom stereocenters. The Kier molecular flexibility index (Phi) is 6.02. The van der Waals surface area contributed by atoms with Crippen LogP contribution in [0, 0.1) is 0 Å². The number of thiazole rings is 1. The van der Waals surface area contributed by atoms with E-state index < -0.39 is 0 Å². The van der Waals surface area contributed by atoms with Gasteiger partial charge in [0.15, 0.2) is 5.96 Å². The van der Waals surface area contributed by atoms with Gasteiger partial charge in [-0.1, -0.05) is 26.8 Å². The molecule has 0 saturated carbocycles.